The first kappa shape index (κ1) is 14.2. The third-order valence-electron chi connectivity index (χ3n) is 2.18. The Morgan fingerprint density at radius 1 is 1.61 bits per heavy atom. The summed E-state index contributed by atoms with van der Waals surface area (Å²) in [4.78, 5) is 28.2. The van der Waals surface area contributed by atoms with Crippen molar-refractivity contribution in [2.75, 3.05) is 13.6 Å². The molecule has 2 amide bonds. The lowest BCUT2D eigenvalue weighted by molar-refractivity contribution is 0.0701. The number of carboxylic acid groups (broad SMARTS) is 1. The Kier molecular flexibility index (Phi) is 4.85. The number of thiazole rings is 1. The van der Waals surface area contributed by atoms with Gasteiger partial charge >= 0.3 is 12.0 Å². The van der Waals surface area contributed by atoms with E-state index in [2.05, 4.69) is 16.9 Å². The molecule has 0 aliphatic carbocycles. The van der Waals surface area contributed by atoms with Crippen molar-refractivity contribution in [1.29, 1.82) is 0 Å². The second kappa shape index (κ2) is 6.15. The van der Waals surface area contributed by atoms with Crippen molar-refractivity contribution in [3.63, 3.8) is 0 Å². The number of nitrogens with one attached hydrogen (secondary N) is 1. The quantitative estimate of drug-likeness (QED) is 0.793. The summed E-state index contributed by atoms with van der Waals surface area (Å²) in [6.07, 6.45) is 1.62. The Hall–Kier alpha value is -1.89. The minimum atomic E-state index is -0.994. The first-order chi connectivity index (χ1) is 8.45. The van der Waals surface area contributed by atoms with Gasteiger partial charge in [0.15, 0.2) is 0 Å². The third-order valence-corrected chi connectivity index (χ3v) is 3.32. The molecule has 0 radical (unpaired) electrons. The maximum Gasteiger partial charge on any atom is 0.347 e. The average molecular weight is 269 g/mol. The van der Waals surface area contributed by atoms with Crippen LogP contribution in [-0.4, -0.2) is 40.6 Å². The standard InChI is InChI=1S/C11H15N3O3S/c1-4-5-14(3)11(17)12-6-8-13-7(2)9(18-8)10(15)16/h4H,1,5-6H2,2-3H3,(H,12,17)(H,15,16). The molecular weight excluding hydrogens is 254 g/mol. The fourth-order valence-electron chi connectivity index (χ4n) is 1.29. The van der Waals surface area contributed by atoms with Crippen molar-refractivity contribution < 1.29 is 14.7 Å². The second-order valence-electron chi connectivity index (χ2n) is 3.66. The molecule has 0 atom stereocenters. The molecule has 1 heterocycles. The van der Waals surface area contributed by atoms with Gasteiger partial charge in [-0.15, -0.1) is 17.9 Å². The number of aryl methyl sites for hydroxylation is 1. The van der Waals surface area contributed by atoms with Crippen LogP contribution in [0, 0.1) is 6.92 Å². The van der Waals surface area contributed by atoms with E-state index in [9.17, 15) is 9.59 Å². The first-order valence-electron chi connectivity index (χ1n) is 5.25. The zero-order valence-corrected chi connectivity index (χ0v) is 11.1. The van der Waals surface area contributed by atoms with E-state index in [1.54, 1.807) is 20.0 Å². The van der Waals surface area contributed by atoms with E-state index < -0.39 is 5.97 Å². The highest BCUT2D eigenvalue weighted by Gasteiger charge is 2.14. The van der Waals surface area contributed by atoms with E-state index in [0.717, 1.165) is 11.3 Å². The molecule has 0 fully saturated rings. The smallest absolute Gasteiger partial charge is 0.347 e. The fourth-order valence-corrected chi connectivity index (χ4v) is 2.13. The predicted octanol–water partition coefficient (Wildman–Crippen LogP) is 1.48. The molecule has 0 aromatic carbocycles. The van der Waals surface area contributed by atoms with Gasteiger partial charge in [-0.1, -0.05) is 6.08 Å². The number of amides is 2. The van der Waals surface area contributed by atoms with E-state index in [0.29, 0.717) is 17.2 Å². The number of aromatic carboxylic acids is 1. The van der Waals surface area contributed by atoms with Gasteiger partial charge in [0.1, 0.15) is 9.88 Å². The van der Waals surface area contributed by atoms with Gasteiger partial charge in [0, 0.05) is 13.6 Å². The summed E-state index contributed by atoms with van der Waals surface area (Å²) in [5.74, 6) is -0.994. The van der Waals surface area contributed by atoms with Crippen LogP contribution in [0.5, 0.6) is 0 Å². The topological polar surface area (TPSA) is 82.5 Å². The number of carbonyl (C=O) groups excluding carboxylic acids is 1. The lowest BCUT2D eigenvalue weighted by Gasteiger charge is -2.14. The SMILES string of the molecule is C=CCN(C)C(=O)NCc1nc(C)c(C(=O)O)s1. The molecule has 0 aliphatic rings. The van der Waals surface area contributed by atoms with Crippen LogP contribution in [0.4, 0.5) is 4.79 Å². The Balaban J connectivity index is 2.59. The second-order valence-corrected chi connectivity index (χ2v) is 4.74. The minimum Gasteiger partial charge on any atom is -0.477 e. The summed E-state index contributed by atoms with van der Waals surface area (Å²) in [7, 11) is 1.65. The number of nitrogens with zero attached hydrogens (tertiary/aromatic N) is 2. The van der Waals surface area contributed by atoms with Gasteiger partial charge in [-0.05, 0) is 6.92 Å². The Bertz CT molecular complexity index is 470. The van der Waals surface area contributed by atoms with Crippen molar-refractivity contribution in [3.05, 3.63) is 28.2 Å². The molecule has 0 spiro atoms. The van der Waals surface area contributed by atoms with E-state index in [1.807, 2.05) is 0 Å². The normalized spacial score (nSPS) is 9.89. The Morgan fingerprint density at radius 2 is 2.28 bits per heavy atom. The summed E-state index contributed by atoms with van der Waals surface area (Å²) in [5, 5.41) is 12.1. The summed E-state index contributed by atoms with van der Waals surface area (Å²) < 4.78 is 0. The third kappa shape index (κ3) is 3.56. The highest BCUT2D eigenvalue weighted by molar-refractivity contribution is 7.13. The molecule has 2 N–H and O–H groups in total. The number of urea groups is 1. The number of hydrogen-bond acceptors (Lipinski definition) is 4. The Labute approximate surface area is 109 Å². The molecule has 7 heteroatoms. The summed E-state index contributed by atoms with van der Waals surface area (Å²) in [5.41, 5.74) is 0.469. The lowest BCUT2D eigenvalue weighted by Crippen LogP contribution is -2.36. The summed E-state index contributed by atoms with van der Waals surface area (Å²) >= 11 is 1.07. The maximum absolute atomic E-state index is 11.6. The van der Waals surface area contributed by atoms with E-state index >= 15 is 0 Å². The van der Waals surface area contributed by atoms with E-state index in [-0.39, 0.29) is 17.5 Å². The number of hydrogen-bond donors (Lipinski definition) is 2. The van der Waals surface area contributed by atoms with Gasteiger partial charge in [-0.2, -0.15) is 0 Å². The molecule has 0 saturated carbocycles. The molecule has 0 bridgehead atoms. The van der Waals surface area contributed by atoms with Crippen molar-refractivity contribution in [2.45, 2.75) is 13.5 Å². The van der Waals surface area contributed by atoms with Crippen LogP contribution in [0.1, 0.15) is 20.4 Å². The van der Waals surface area contributed by atoms with Crippen LogP contribution in [0.2, 0.25) is 0 Å². The van der Waals surface area contributed by atoms with Crippen molar-refractivity contribution >= 4 is 23.3 Å². The molecule has 0 saturated heterocycles. The summed E-state index contributed by atoms with van der Waals surface area (Å²) in [6, 6.07) is -0.250. The fraction of sp³-hybridized carbons (Fsp3) is 0.364. The van der Waals surface area contributed by atoms with Crippen LogP contribution < -0.4 is 5.32 Å². The van der Waals surface area contributed by atoms with Gasteiger partial charge in [-0.3, -0.25) is 0 Å². The molecule has 1 aromatic heterocycles. The predicted molar refractivity (Wildman–Crippen MR) is 68.9 cm³/mol. The molecule has 0 aliphatic heterocycles. The van der Waals surface area contributed by atoms with E-state index in [4.69, 9.17) is 5.11 Å². The number of likely N-dealkylation sites (N-methyl/N-ethyl adjacent to an activating group) is 1. The highest BCUT2D eigenvalue weighted by atomic mass is 32.1. The van der Waals surface area contributed by atoms with Gasteiger partial charge in [0.05, 0.1) is 12.2 Å². The summed E-state index contributed by atoms with van der Waals surface area (Å²) in [6.45, 7) is 5.84. The monoisotopic (exact) mass is 269 g/mol. The van der Waals surface area contributed by atoms with Crippen LogP contribution in [0.25, 0.3) is 0 Å². The maximum atomic E-state index is 11.6. The zero-order chi connectivity index (χ0) is 13.7. The van der Waals surface area contributed by atoms with Crippen LogP contribution >= 0.6 is 11.3 Å². The van der Waals surface area contributed by atoms with Crippen LogP contribution in [0.15, 0.2) is 12.7 Å². The number of rotatable bonds is 5. The minimum absolute atomic E-state index is 0.207. The molecular formula is C11H15N3O3S. The van der Waals surface area contributed by atoms with Crippen LogP contribution in [-0.2, 0) is 6.54 Å². The first-order valence-corrected chi connectivity index (χ1v) is 6.06. The molecule has 6 nitrogen and oxygen atoms in total. The van der Waals surface area contributed by atoms with Crippen molar-refractivity contribution in [1.82, 2.24) is 15.2 Å². The molecule has 18 heavy (non-hydrogen) atoms. The average Bonchev–Trinajstić information content (AvgIpc) is 2.68. The van der Waals surface area contributed by atoms with Gasteiger partial charge in [-0.25, -0.2) is 14.6 Å². The van der Waals surface area contributed by atoms with E-state index in [1.165, 1.54) is 4.90 Å². The van der Waals surface area contributed by atoms with Gasteiger partial charge in [0.2, 0.25) is 0 Å². The molecule has 1 aromatic rings. The number of aromatic nitrogens is 1. The molecule has 1 rings (SSSR count). The van der Waals surface area contributed by atoms with Crippen molar-refractivity contribution in [2.24, 2.45) is 0 Å². The molecule has 0 unspecified atom stereocenters. The van der Waals surface area contributed by atoms with Gasteiger partial charge < -0.3 is 15.3 Å². The zero-order valence-electron chi connectivity index (χ0n) is 10.3. The highest BCUT2D eigenvalue weighted by Crippen LogP contribution is 2.17. The van der Waals surface area contributed by atoms with Crippen molar-refractivity contribution in [3.8, 4) is 0 Å². The lowest BCUT2D eigenvalue weighted by atomic mass is 10.4. The Morgan fingerprint density at radius 3 is 2.78 bits per heavy atom. The molecule has 98 valence electrons. The van der Waals surface area contributed by atoms with Crippen LogP contribution in [0.3, 0.4) is 0 Å². The number of carboxylic acids is 1. The number of carbonyl (C=O) groups is 2. The largest absolute Gasteiger partial charge is 0.477 e. The van der Waals surface area contributed by atoms with Gasteiger partial charge in [0.25, 0.3) is 0 Å².